The van der Waals surface area contributed by atoms with Crippen molar-refractivity contribution in [3.8, 4) is 11.8 Å². The zero-order chi connectivity index (χ0) is 23.5. The third-order valence-electron chi connectivity index (χ3n) is 5.36. The first-order valence-corrected chi connectivity index (χ1v) is 11.3. The summed E-state index contributed by atoms with van der Waals surface area (Å²) < 4.78 is 5.37. The van der Waals surface area contributed by atoms with E-state index in [0.717, 1.165) is 17.7 Å². The maximum absolute atomic E-state index is 13.4. The molecule has 1 aliphatic heterocycles. The monoisotopic (exact) mass is 477 g/mol. The van der Waals surface area contributed by atoms with Gasteiger partial charge in [0, 0.05) is 18.3 Å². The van der Waals surface area contributed by atoms with E-state index in [2.05, 4.69) is 17.2 Å². The molecule has 0 radical (unpaired) electrons. The van der Waals surface area contributed by atoms with E-state index in [0.29, 0.717) is 23.7 Å². The first-order valence-electron chi connectivity index (χ1n) is 10.1. The molecule has 0 spiro atoms. The van der Waals surface area contributed by atoms with Crippen molar-refractivity contribution < 1.29 is 19.1 Å². The summed E-state index contributed by atoms with van der Waals surface area (Å²) in [4.78, 5) is 40.3. The Morgan fingerprint density at radius 2 is 2.12 bits per heavy atom. The molecule has 170 valence electrons. The lowest BCUT2D eigenvalue weighted by atomic mass is 10.0. The van der Waals surface area contributed by atoms with Crippen LogP contribution in [0.4, 0.5) is 0 Å². The maximum atomic E-state index is 13.4. The maximum Gasteiger partial charge on any atom is 0.267 e. The van der Waals surface area contributed by atoms with Gasteiger partial charge in [-0.25, -0.2) is 0 Å². The fourth-order valence-corrected chi connectivity index (χ4v) is 5.04. The zero-order valence-corrected chi connectivity index (χ0v) is 19.1. The van der Waals surface area contributed by atoms with Crippen molar-refractivity contribution in [2.45, 2.75) is 56.5 Å². The van der Waals surface area contributed by atoms with Gasteiger partial charge in [-0.1, -0.05) is 17.5 Å². The molecule has 11 heteroatoms. The van der Waals surface area contributed by atoms with Gasteiger partial charge in [0.1, 0.15) is 6.04 Å². The van der Waals surface area contributed by atoms with Gasteiger partial charge in [-0.15, -0.1) is 11.3 Å². The van der Waals surface area contributed by atoms with Crippen LogP contribution in [0.5, 0.6) is 0 Å². The number of thiophene rings is 1. The van der Waals surface area contributed by atoms with Crippen LogP contribution in [0, 0.1) is 22.7 Å². The van der Waals surface area contributed by atoms with E-state index in [1.807, 2.05) is 6.07 Å². The molecule has 3 rings (SSSR count). The molecule has 2 fully saturated rings. The molecule has 3 amide bonds. The van der Waals surface area contributed by atoms with Gasteiger partial charge >= 0.3 is 0 Å². The van der Waals surface area contributed by atoms with Crippen LogP contribution in [0.25, 0.3) is 0 Å². The SMILES string of the molecule is CC(=N)OC(=N)C#C[C@H](CC(N)=O)NC(=O)[C@@H]1CCCN1C(=O)C1(c2ccc(Cl)s2)CC1. The van der Waals surface area contributed by atoms with E-state index < -0.39 is 35.2 Å². The predicted molar refractivity (Wildman–Crippen MR) is 121 cm³/mol. The van der Waals surface area contributed by atoms with Crippen LogP contribution in [0.2, 0.25) is 4.34 Å². The van der Waals surface area contributed by atoms with E-state index in [1.54, 1.807) is 11.0 Å². The quantitative estimate of drug-likeness (QED) is 0.280. The minimum atomic E-state index is -0.946. The number of amides is 3. The number of rotatable bonds is 6. The van der Waals surface area contributed by atoms with Gasteiger partial charge in [0.2, 0.25) is 17.7 Å². The molecule has 2 aliphatic rings. The average Bonchev–Trinajstić information content (AvgIpc) is 3.15. The summed E-state index contributed by atoms with van der Waals surface area (Å²) in [6, 6.07) is 2.03. The van der Waals surface area contributed by atoms with Crippen molar-refractivity contribution in [1.29, 1.82) is 10.8 Å². The molecule has 2 atom stereocenters. The highest BCUT2D eigenvalue weighted by Gasteiger charge is 2.56. The highest BCUT2D eigenvalue weighted by atomic mass is 35.5. The fourth-order valence-electron chi connectivity index (χ4n) is 3.76. The molecule has 1 saturated heterocycles. The minimum Gasteiger partial charge on any atom is -0.419 e. The predicted octanol–water partition coefficient (Wildman–Crippen LogP) is 1.78. The highest BCUT2D eigenvalue weighted by Crippen LogP contribution is 2.53. The first kappa shape index (κ1) is 23.8. The summed E-state index contributed by atoms with van der Waals surface area (Å²) in [5.74, 6) is 3.07. The van der Waals surface area contributed by atoms with Crippen molar-refractivity contribution >= 4 is 52.5 Å². The van der Waals surface area contributed by atoms with Crippen LogP contribution in [-0.4, -0.2) is 53.0 Å². The highest BCUT2D eigenvalue weighted by molar-refractivity contribution is 7.16. The molecule has 5 N–H and O–H groups in total. The molecule has 0 unspecified atom stereocenters. The van der Waals surface area contributed by atoms with Gasteiger partial charge in [-0.3, -0.25) is 25.2 Å². The number of nitrogens with zero attached hydrogens (tertiary/aromatic N) is 1. The molecular weight excluding hydrogens is 454 g/mol. The Hall–Kier alpha value is -2.90. The smallest absolute Gasteiger partial charge is 0.267 e. The lowest BCUT2D eigenvalue weighted by Crippen LogP contribution is -2.51. The number of nitrogens with two attached hydrogens (primary N) is 1. The number of hydrogen-bond donors (Lipinski definition) is 4. The molecule has 1 aromatic rings. The number of ether oxygens (including phenoxy) is 1. The summed E-state index contributed by atoms with van der Waals surface area (Å²) in [5, 5.41) is 17.4. The number of carbonyl (C=O) groups is 3. The molecule has 0 aromatic carbocycles. The van der Waals surface area contributed by atoms with Gasteiger partial charge in [-0.05, 0) is 43.7 Å². The van der Waals surface area contributed by atoms with Crippen LogP contribution in [-0.2, 0) is 24.5 Å². The molecular formula is C21H24ClN5O4S. The first-order chi connectivity index (χ1) is 15.1. The molecule has 1 aliphatic carbocycles. The molecule has 9 nitrogen and oxygen atoms in total. The van der Waals surface area contributed by atoms with Crippen LogP contribution in [0.1, 0.15) is 43.9 Å². The summed E-state index contributed by atoms with van der Waals surface area (Å²) >= 11 is 7.44. The van der Waals surface area contributed by atoms with E-state index >= 15 is 0 Å². The van der Waals surface area contributed by atoms with Crippen molar-refractivity contribution in [3.05, 3.63) is 21.3 Å². The van der Waals surface area contributed by atoms with Crippen molar-refractivity contribution in [3.63, 3.8) is 0 Å². The molecule has 32 heavy (non-hydrogen) atoms. The summed E-state index contributed by atoms with van der Waals surface area (Å²) in [6.07, 6.45) is 2.37. The van der Waals surface area contributed by atoms with Crippen LogP contribution in [0.3, 0.4) is 0 Å². The third-order valence-corrected chi connectivity index (χ3v) is 6.79. The molecule has 1 saturated carbocycles. The molecule has 1 aromatic heterocycles. The topological polar surface area (TPSA) is 149 Å². The number of hydrogen-bond acceptors (Lipinski definition) is 7. The zero-order valence-electron chi connectivity index (χ0n) is 17.5. The number of nitrogens with one attached hydrogen (secondary N) is 3. The van der Waals surface area contributed by atoms with Gasteiger partial charge in [0.25, 0.3) is 5.90 Å². The van der Waals surface area contributed by atoms with E-state index in [1.165, 1.54) is 18.3 Å². The van der Waals surface area contributed by atoms with Gasteiger partial charge in [-0.2, -0.15) is 0 Å². The van der Waals surface area contributed by atoms with E-state index in [9.17, 15) is 14.4 Å². The Labute approximate surface area is 194 Å². The third kappa shape index (κ3) is 5.47. The van der Waals surface area contributed by atoms with E-state index in [-0.39, 0.29) is 18.2 Å². The Balaban J connectivity index is 1.71. The summed E-state index contributed by atoms with van der Waals surface area (Å²) in [5.41, 5.74) is 4.66. The summed E-state index contributed by atoms with van der Waals surface area (Å²) in [6.45, 7) is 1.82. The Kier molecular flexibility index (Phi) is 7.21. The Morgan fingerprint density at radius 3 is 2.69 bits per heavy atom. The van der Waals surface area contributed by atoms with Gasteiger partial charge in [0.15, 0.2) is 5.90 Å². The largest absolute Gasteiger partial charge is 0.419 e. The van der Waals surface area contributed by atoms with Gasteiger partial charge in [0.05, 0.1) is 22.2 Å². The van der Waals surface area contributed by atoms with Gasteiger partial charge < -0.3 is 20.7 Å². The fraction of sp³-hybridized carbons (Fsp3) is 0.476. The number of halogens is 1. The number of likely N-dealkylation sites (tertiary alicyclic amines) is 1. The lowest BCUT2D eigenvalue weighted by Gasteiger charge is -2.28. The van der Waals surface area contributed by atoms with Crippen molar-refractivity contribution in [1.82, 2.24) is 10.2 Å². The number of carbonyl (C=O) groups excluding carboxylic acids is 3. The van der Waals surface area contributed by atoms with E-state index in [4.69, 9.17) is 32.9 Å². The lowest BCUT2D eigenvalue weighted by molar-refractivity contribution is -0.140. The standard InChI is InChI=1S/C21H24ClN5O4S/c1-12(23)31-18(25)7-4-13(11-17(24)28)26-19(29)14-3-2-10-27(14)20(30)21(8-9-21)15-5-6-16(22)32-15/h5-6,13-14,23,25H,2-3,8-11H2,1H3,(H2,24,28)(H,26,29)/t13-,14+/m1/s1. The normalized spacial score (nSPS) is 19.3. The second kappa shape index (κ2) is 9.71. The van der Waals surface area contributed by atoms with Crippen molar-refractivity contribution in [2.75, 3.05) is 6.54 Å². The second-order valence-electron chi connectivity index (χ2n) is 7.83. The molecule has 2 heterocycles. The van der Waals surface area contributed by atoms with Crippen LogP contribution < -0.4 is 11.1 Å². The Bertz CT molecular complexity index is 1020. The van der Waals surface area contributed by atoms with Crippen LogP contribution >= 0.6 is 22.9 Å². The average molecular weight is 478 g/mol. The summed E-state index contributed by atoms with van der Waals surface area (Å²) in [7, 11) is 0. The minimum absolute atomic E-state index is 0.0807. The van der Waals surface area contributed by atoms with Crippen LogP contribution in [0.15, 0.2) is 12.1 Å². The van der Waals surface area contributed by atoms with Crippen molar-refractivity contribution in [2.24, 2.45) is 5.73 Å². The molecule has 0 bridgehead atoms. The second-order valence-corrected chi connectivity index (χ2v) is 9.55. The Morgan fingerprint density at radius 1 is 1.41 bits per heavy atom. The number of primary amides is 1.